The number of hydrogen-bond donors (Lipinski definition) is 3. The molecule has 2 aromatic rings. The highest BCUT2D eigenvalue weighted by atomic mass is 16.3. The van der Waals surface area contributed by atoms with E-state index in [0.29, 0.717) is 11.5 Å². The number of aromatic amines is 1. The largest absolute Gasteiger partial charge is 0.378 e. The first kappa shape index (κ1) is 18.9. The Bertz CT molecular complexity index is 812. The lowest BCUT2D eigenvalue weighted by Gasteiger charge is -2.23. The number of aromatic nitrogens is 3. The van der Waals surface area contributed by atoms with Gasteiger partial charge in [0.2, 0.25) is 0 Å². The first-order valence-electron chi connectivity index (χ1n) is 8.22. The fourth-order valence-corrected chi connectivity index (χ4v) is 2.54. The van der Waals surface area contributed by atoms with Crippen molar-refractivity contribution in [3.8, 4) is 0 Å². The molecule has 0 aliphatic rings. The Balaban J connectivity index is 2.10. The third-order valence-electron chi connectivity index (χ3n) is 3.82. The van der Waals surface area contributed by atoms with Gasteiger partial charge in [0.1, 0.15) is 0 Å². The minimum atomic E-state index is -1.75. The van der Waals surface area contributed by atoms with Crippen molar-refractivity contribution < 1.29 is 9.90 Å². The number of hydrogen-bond acceptors (Lipinski definition) is 4. The first-order chi connectivity index (χ1) is 11.5. The fraction of sp³-hybridized carbons (Fsp3) is 0.500. The summed E-state index contributed by atoms with van der Waals surface area (Å²) in [4.78, 5) is 24.4. The monoisotopic (exact) mass is 346 g/mol. The van der Waals surface area contributed by atoms with Crippen molar-refractivity contribution in [2.24, 2.45) is 5.41 Å². The van der Waals surface area contributed by atoms with Crippen molar-refractivity contribution in [2.75, 3.05) is 5.32 Å². The van der Waals surface area contributed by atoms with Crippen LogP contribution in [0.1, 0.15) is 39.1 Å². The number of nitrogens with one attached hydrogen (secondary N) is 2. The summed E-state index contributed by atoms with van der Waals surface area (Å²) in [5.41, 5.74) is -0.351. The summed E-state index contributed by atoms with van der Waals surface area (Å²) >= 11 is 0. The molecule has 2 heterocycles. The van der Waals surface area contributed by atoms with Gasteiger partial charge >= 0.3 is 0 Å². The Labute approximate surface area is 147 Å². The van der Waals surface area contributed by atoms with Gasteiger partial charge in [0.05, 0.1) is 6.54 Å². The molecule has 0 aliphatic carbocycles. The van der Waals surface area contributed by atoms with Crippen LogP contribution in [0.3, 0.4) is 0 Å². The molecule has 0 radical (unpaired) electrons. The van der Waals surface area contributed by atoms with E-state index in [0.717, 1.165) is 12.1 Å². The topological polar surface area (TPSA) is 100 Å². The molecule has 2 rings (SSSR count). The van der Waals surface area contributed by atoms with E-state index in [1.807, 2.05) is 0 Å². The van der Waals surface area contributed by atoms with Gasteiger partial charge < -0.3 is 15.0 Å². The highest BCUT2D eigenvalue weighted by Crippen LogP contribution is 2.21. The Kier molecular flexibility index (Phi) is 5.17. The zero-order valence-corrected chi connectivity index (χ0v) is 15.4. The smallest absolute Gasteiger partial charge is 0.259 e. The number of H-pyrrole nitrogens is 1. The zero-order chi connectivity index (χ0) is 18.8. The van der Waals surface area contributed by atoms with E-state index in [4.69, 9.17) is 0 Å². The molecule has 0 aromatic carbocycles. The van der Waals surface area contributed by atoms with Gasteiger partial charge in [-0.3, -0.25) is 14.7 Å². The molecule has 0 saturated carbocycles. The second kappa shape index (κ2) is 6.84. The molecule has 0 saturated heterocycles. The fourth-order valence-electron chi connectivity index (χ4n) is 2.54. The third kappa shape index (κ3) is 5.03. The average Bonchev–Trinajstić information content (AvgIpc) is 2.88. The van der Waals surface area contributed by atoms with Crippen LogP contribution in [0.25, 0.3) is 0 Å². The van der Waals surface area contributed by atoms with Crippen LogP contribution in [-0.4, -0.2) is 31.4 Å². The van der Waals surface area contributed by atoms with E-state index in [1.165, 1.54) is 17.6 Å². The maximum absolute atomic E-state index is 12.4. The molecule has 0 unspecified atom stereocenters. The zero-order valence-electron chi connectivity index (χ0n) is 15.4. The van der Waals surface area contributed by atoms with Crippen LogP contribution in [-0.2, 0) is 17.8 Å². The Morgan fingerprint density at radius 2 is 2.00 bits per heavy atom. The van der Waals surface area contributed by atoms with Crippen LogP contribution in [0.5, 0.6) is 0 Å². The molecule has 136 valence electrons. The number of anilines is 1. The average molecular weight is 346 g/mol. The summed E-state index contributed by atoms with van der Waals surface area (Å²) in [6.45, 7) is 9.32. The Morgan fingerprint density at radius 1 is 1.32 bits per heavy atom. The number of aliphatic hydroxyl groups is 1. The predicted octanol–water partition coefficient (Wildman–Crippen LogP) is 1.86. The maximum atomic E-state index is 12.4. The highest BCUT2D eigenvalue weighted by Gasteiger charge is 2.32. The van der Waals surface area contributed by atoms with Gasteiger partial charge in [-0.15, -0.1) is 0 Å². The molecule has 0 spiro atoms. The van der Waals surface area contributed by atoms with Crippen LogP contribution in [0, 0.1) is 12.3 Å². The minimum Gasteiger partial charge on any atom is -0.378 e. The number of pyridine rings is 1. The van der Waals surface area contributed by atoms with Crippen LogP contribution in [0.2, 0.25) is 0 Å². The van der Waals surface area contributed by atoms with Crippen LogP contribution < -0.4 is 10.9 Å². The van der Waals surface area contributed by atoms with Crippen LogP contribution in [0.4, 0.5) is 5.82 Å². The van der Waals surface area contributed by atoms with E-state index >= 15 is 0 Å². The van der Waals surface area contributed by atoms with Gasteiger partial charge in [-0.1, -0.05) is 26.8 Å². The van der Waals surface area contributed by atoms with Crippen molar-refractivity contribution in [3.63, 3.8) is 0 Å². The molecule has 0 aliphatic heterocycles. The molecular weight excluding hydrogens is 320 g/mol. The summed E-state index contributed by atoms with van der Waals surface area (Å²) in [6, 6.07) is 6.54. The normalized spacial score (nSPS) is 14.2. The predicted molar refractivity (Wildman–Crippen MR) is 96.4 cm³/mol. The van der Waals surface area contributed by atoms with Gasteiger partial charge in [-0.2, -0.15) is 5.10 Å². The first-order valence-corrected chi connectivity index (χ1v) is 8.22. The molecule has 7 heteroatoms. The van der Waals surface area contributed by atoms with E-state index in [2.05, 4.69) is 36.3 Å². The Morgan fingerprint density at radius 3 is 2.60 bits per heavy atom. The van der Waals surface area contributed by atoms with Gasteiger partial charge in [-0.25, -0.2) is 0 Å². The van der Waals surface area contributed by atoms with E-state index in [1.54, 1.807) is 25.1 Å². The second-order valence-electron chi connectivity index (χ2n) is 7.84. The second-order valence-corrected chi connectivity index (χ2v) is 7.84. The van der Waals surface area contributed by atoms with Gasteiger partial charge in [0, 0.05) is 23.5 Å². The number of carbonyl (C=O) groups excluding carboxylic acids is 1. The standard InChI is InChI=1S/C18H26N4O3/c1-12-7-6-8-15(23)22(12)11-18(5,25)16(24)19-14-9-13(20-21-14)10-17(2,3)4/h6-9,25H,10-11H2,1-5H3,(H2,19,20,21,24)/t18-/m1/s1. The highest BCUT2D eigenvalue weighted by molar-refractivity contribution is 5.96. The molecule has 25 heavy (non-hydrogen) atoms. The lowest BCUT2D eigenvalue weighted by molar-refractivity contribution is -0.133. The molecule has 1 atom stereocenters. The lowest BCUT2D eigenvalue weighted by Crippen LogP contribution is -2.46. The van der Waals surface area contributed by atoms with Crippen LogP contribution in [0.15, 0.2) is 29.1 Å². The van der Waals surface area contributed by atoms with Crippen molar-refractivity contribution in [1.82, 2.24) is 14.8 Å². The van der Waals surface area contributed by atoms with Gasteiger partial charge in [0.25, 0.3) is 11.5 Å². The molecular formula is C18H26N4O3. The Hall–Kier alpha value is -2.41. The SMILES string of the molecule is Cc1cccc(=O)n1C[C@@](C)(O)C(=O)Nc1cc(CC(C)(C)C)[nH]n1. The molecule has 3 N–H and O–H groups in total. The van der Waals surface area contributed by atoms with Gasteiger partial charge in [-0.05, 0) is 31.7 Å². The molecule has 0 fully saturated rings. The molecule has 0 bridgehead atoms. The summed E-state index contributed by atoms with van der Waals surface area (Å²) in [5, 5.41) is 20.1. The summed E-state index contributed by atoms with van der Waals surface area (Å²) in [5.74, 6) is -0.266. The quantitative estimate of drug-likeness (QED) is 0.769. The van der Waals surface area contributed by atoms with Crippen molar-refractivity contribution in [2.45, 2.75) is 53.2 Å². The van der Waals surface area contributed by atoms with E-state index < -0.39 is 11.5 Å². The molecule has 2 aromatic heterocycles. The molecule has 1 amide bonds. The number of carbonyl (C=O) groups is 1. The van der Waals surface area contributed by atoms with E-state index in [-0.39, 0.29) is 17.5 Å². The summed E-state index contributed by atoms with van der Waals surface area (Å²) < 4.78 is 1.37. The molecule has 7 nitrogen and oxygen atoms in total. The maximum Gasteiger partial charge on any atom is 0.259 e. The lowest BCUT2D eigenvalue weighted by atomic mass is 9.91. The van der Waals surface area contributed by atoms with Crippen molar-refractivity contribution in [3.05, 3.63) is 46.0 Å². The summed E-state index contributed by atoms with van der Waals surface area (Å²) in [6.07, 6.45) is 0.783. The minimum absolute atomic E-state index is 0.0886. The number of nitrogens with zero attached hydrogens (tertiary/aromatic N) is 2. The van der Waals surface area contributed by atoms with E-state index in [9.17, 15) is 14.7 Å². The van der Waals surface area contributed by atoms with Crippen molar-refractivity contribution >= 4 is 11.7 Å². The number of amides is 1. The van der Waals surface area contributed by atoms with Gasteiger partial charge in [0.15, 0.2) is 11.4 Å². The number of aryl methyl sites for hydroxylation is 1. The van der Waals surface area contributed by atoms with Crippen molar-refractivity contribution in [1.29, 1.82) is 0 Å². The number of rotatable bonds is 5. The third-order valence-corrected chi connectivity index (χ3v) is 3.82. The summed E-state index contributed by atoms with van der Waals surface area (Å²) in [7, 11) is 0. The van der Waals surface area contributed by atoms with Crippen LogP contribution >= 0.6 is 0 Å².